The standard InChI is InChI=1S/C23H25FN2O4/c1-30-23(29)20(15-16-5-3-2-4-6-16)25-21(27)17-11-13-26(14-12-17)22(28)18-7-9-19(24)10-8-18/h2-10,17,20H,11-15H2,1H3,(H,25,27)/t20-/m0/s1. The highest BCUT2D eigenvalue weighted by Crippen LogP contribution is 2.20. The van der Waals surface area contributed by atoms with Gasteiger partial charge >= 0.3 is 5.97 Å². The highest BCUT2D eigenvalue weighted by Gasteiger charge is 2.30. The minimum Gasteiger partial charge on any atom is -0.467 e. The fourth-order valence-electron chi connectivity index (χ4n) is 3.59. The average Bonchev–Trinajstić information content (AvgIpc) is 2.79. The summed E-state index contributed by atoms with van der Waals surface area (Å²) < 4.78 is 17.9. The van der Waals surface area contributed by atoms with Crippen LogP contribution in [0, 0.1) is 11.7 Å². The Hall–Kier alpha value is -3.22. The number of methoxy groups -OCH3 is 1. The van der Waals surface area contributed by atoms with Crippen molar-refractivity contribution < 1.29 is 23.5 Å². The van der Waals surface area contributed by atoms with Gasteiger partial charge in [0.2, 0.25) is 5.91 Å². The summed E-state index contributed by atoms with van der Waals surface area (Å²) in [5.74, 6) is -1.56. The van der Waals surface area contributed by atoms with Crippen LogP contribution < -0.4 is 5.32 Å². The van der Waals surface area contributed by atoms with E-state index >= 15 is 0 Å². The van der Waals surface area contributed by atoms with Gasteiger partial charge in [0.05, 0.1) is 7.11 Å². The Morgan fingerprint density at radius 2 is 1.70 bits per heavy atom. The van der Waals surface area contributed by atoms with Crippen molar-refractivity contribution in [2.45, 2.75) is 25.3 Å². The number of carbonyl (C=O) groups is 3. The second-order valence-corrected chi connectivity index (χ2v) is 7.35. The summed E-state index contributed by atoms with van der Waals surface area (Å²) in [4.78, 5) is 39.1. The Balaban J connectivity index is 1.56. The van der Waals surface area contributed by atoms with Crippen LogP contribution in [0.4, 0.5) is 4.39 Å². The minimum absolute atomic E-state index is 0.176. The second kappa shape index (κ2) is 10.0. The first-order valence-corrected chi connectivity index (χ1v) is 9.95. The summed E-state index contributed by atoms with van der Waals surface area (Å²) in [5, 5.41) is 2.81. The topological polar surface area (TPSA) is 75.7 Å². The van der Waals surface area contributed by atoms with E-state index in [2.05, 4.69) is 5.32 Å². The van der Waals surface area contributed by atoms with Crippen LogP contribution in [0.25, 0.3) is 0 Å². The van der Waals surface area contributed by atoms with E-state index < -0.39 is 17.8 Å². The molecule has 0 unspecified atom stereocenters. The summed E-state index contributed by atoms with van der Waals surface area (Å²) in [5.41, 5.74) is 1.35. The molecule has 158 valence electrons. The molecule has 0 aromatic heterocycles. The van der Waals surface area contributed by atoms with Gasteiger partial charge in [-0.2, -0.15) is 0 Å². The maximum absolute atomic E-state index is 13.1. The van der Waals surface area contributed by atoms with E-state index in [4.69, 9.17) is 4.74 Å². The largest absolute Gasteiger partial charge is 0.467 e. The van der Waals surface area contributed by atoms with E-state index in [1.807, 2.05) is 30.3 Å². The lowest BCUT2D eigenvalue weighted by atomic mass is 9.94. The summed E-state index contributed by atoms with van der Waals surface area (Å²) in [6.45, 7) is 0.853. The van der Waals surface area contributed by atoms with Gasteiger partial charge in [-0.25, -0.2) is 9.18 Å². The number of benzene rings is 2. The van der Waals surface area contributed by atoms with Crippen LogP contribution in [-0.4, -0.2) is 48.9 Å². The molecule has 0 bridgehead atoms. The van der Waals surface area contributed by atoms with Gasteiger partial charge in [0.15, 0.2) is 0 Å². The molecule has 1 atom stereocenters. The molecule has 0 saturated carbocycles. The molecule has 1 aliphatic rings. The van der Waals surface area contributed by atoms with Crippen molar-refractivity contribution in [3.63, 3.8) is 0 Å². The highest BCUT2D eigenvalue weighted by atomic mass is 19.1. The van der Waals surface area contributed by atoms with E-state index in [-0.39, 0.29) is 17.7 Å². The number of rotatable bonds is 6. The molecular formula is C23H25FN2O4. The number of ether oxygens (including phenoxy) is 1. The number of esters is 1. The van der Waals surface area contributed by atoms with Gasteiger partial charge in [0.25, 0.3) is 5.91 Å². The molecule has 0 spiro atoms. The SMILES string of the molecule is COC(=O)[C@H](Cc1ccccc1)NC(=O)C1CCN(C(=O)c2ccc(F)cc2)CC1. The molecule has 6 nitrogen and oxygen atoms in total. The molecule has 30 heavy (non-hydrogen) atoms. The molecule has 1 fully saturated rings. The van der Waals surface area contributed by atoms with Crippen molar-refractivity contribution in [1.29, 1.82) is 0 Å². The first-order chi connectivity index (χ1) is 14.5. The van der Waals surface area contributed by atoms with Crippen LogP contribution in [0.2, 0.25) is 0 Å². The van der Waals surface area contributed by atoms with Gasteiger partial charge in [-0.3, -0.25) is 9.59 Å². The lowest BCUT2D eigenvalue weighted by molar-refractivity contribution is -0.145. The third-order valence-electron chi connectivity index (χ3n) is 5.33. The first-order valence-electron chi connectivity index (χ1n) is 9.95. The number of halogens is 1. The number of hydrogen-bond donors (Lipinski definition) is 1. The number of nitrogens with one attached hydrogen (secondary N) is 1. The van der Waals surface area contributed by atoms with Gasteiger partial charge in [0.1, 0.15) is 11.9 Å². The van der Waals surface area contributed by atoms with Crippen molar-refractivity contribution >= 4 is 17.8 Å². The lowest BCUT2D eigenvalue weighted by Crippen LogP contribution is -2.48. The average molecular weight is 412 g/mol. The maximum Gasteiger partial charge on any atom is 0.328 e. The van der Waals surface area contributed by atoms with Crippen LogP contribution in [0.1, 0.15) is 28.8 Å². The van der Waals surface area contributed by atoms with Crippen LogP contribution in [0.5, 0.6) is 0 Å². The molecule has 7 heteroatoms. The molecule has 1 heterocycles. The zero-order valence-corrected chi connectivity index (χ0v) is 16.8. The number of nitrogens with zero attached hydrogens (tertiary/aromatic N) is 1. The maximum atomic E-state index is 13.1. The molecule has 0 aliphatic carbocycles. The van der Waals surface area contributed by atoms with E-state index in [0.29, 0.717) is 37.9 Å². The van der Waals surface area contributed by atoms with E-state index in [0.717, 1.165) is 5.56 Å². The smallest absolute Gasteiger partial charge is 0.328 e. The number of amides is 2. The van der Waals surface area contributed by atoms with Crippen LogP contribution in [0.3, 0.4) is 0 Å². The lowest BCUT2D eigenvalue weighted by Gasteiger charge is -2.32. The van der Waals surface area contributed by atoms with E-state index in [9.17, 15) is 18.8 Å². The van der Waals surface area contributed by atoms with Gasteiger partial charge in [-0.05, 0) is 42.7 Å². The molecular weight excluding hydrogens is 387 g/mol. The monoisotopic (exact) mass is 412 g/mol. The predicted molar refractivity (Wildman–Crippen MR) is 109 cm³/mol. The fraction of sp³-hybridized carbons (Fsp3) is 0.348. The van der Waals surface area contributed by atoms with Crippen molar-refractivity contribution in [3.8, 4) is 0 Å². The number of piperidine rings is 1. The molecule has 2 amide bonds. The van der Waals surface area contributed by atoms with Crippen LogP contribution in [0.15, 0.2) is 54.6 Å². The first kappa shape index (κ1) is 21.5. The molecule has 2 aromatic rings. The molecule has 2 aromatic carbocycles. The second-order valence-electron chi connectivity index (χ2n) is 7.35. The van der Waals surface area contributed by atoms with Gasteiger partial charge in [-0.15, -0.1) is 0 Å². The minimum atomic E-state index is -0.760. The summed E-state index contributed by atoms with van der Waals surface area (Å²) >= 11 is 0. The Morgan fingerprint density at radius 3 is 2.30 bits per heavy atom. The fourth-order valence-corrected chi connectivity index (χ4v) is 3.59. The summed E-state index contributed by atoms with van der Waals surface area (Å²) in [6.07, 6.45) is 1.34. The summed E-state index contributed by atoms with van der Waals surface area (Å²) in [6, 6.07) is 14.1. The quantitative estimate of drug-likeness (QED) is 0.740. The molecule has 3 rings (SSSR count). The Kier molecular flexibility index (Phi) is 7.17. The van der Waals surface area contributed by atoms with Gasteiger partial charge in [-0.1, -0.05) is 30.3 Å². The van der Waals surface area contributed by atoms with Crippen molar-refractivity contribution in [1.82, 2.24) is 10.2 Å². The molecule has 0 radical (unpaired) electrons. The van der Waals surface area contributed by atoms with E-state index in [1.165, 1.54) is 31.4 Å². The Bertz CT molecular complexity index is 878. The molecule has 1 aliphatic heterocycles. The van der Waals surface area contributed by atoms with Crippen molar-refractivity contribution in [3.05, 3.63) is 71.5 Å². The van der Waals surface area contributed by atoms with Crippen LogP contribution >= 0.6 is 0 Å². The third kappa shape index (κ3) is 5.43. The van der Waals surface area contributed by atoms with Crippen molar-refractivity contribution in [2.24, 2.45) is 5.92 Å². The molecule has 1 N–H and O–H groups in total. The number of hydrogen-bond acceptors (Lipinski definition) is 4. The molecule has 1 saturated heterocycles. The van der Waals surface area contributed by atoms with Crippen molar-refractivity contribution in [2.75, 3.05) is 20.2 Å². The van der Waals surface area contributed by atoms with Crippen LogP contribution in [-0.2, 0) is 20.7 Å². The number of likely N-dealkylation sites (tertiary alicyclic amines) is 1. The third-order valence-corrected chi connectivity index (χ3v) is 5.33. The summed E-state index contributed by atoms with van der Waals surface area (Å²) in [7, 11) is 1.30. The Labute approximate surface area is 175 Å². The number of carbonyl (C=O) groups excluding carboxylic acids is 3. The zero-order chi connectivity index (χ0) is 21.5. The van der Waals surface area contributed by atoms with Gasteiger partial charge < -0.3 is 15.0 Å². The predicted octanol–water partition coefficient (Wildman–Crippen LogP) is 2.58. The highest BCUT2D eigenvalue weighted by molar-refractivity contribution is 5.94. The zero-order valence-electron chi connectivity index (χ0n) is 16.8. The normalized spacial score (nSPS) is 15.3. The Morgan fingerprint density at radius 1 is 1.07 bits per heavy atom. The van der Waals surface area contributed by atoms with E-state index in [1.54, 1.807) is 4.90 Å². The van der Waals surface area contributed by atoms with Gasteiger partial charge in [0, 0.05) is 31.0 Å².